The molecule has 0 aromatic heterocycles. The Morgan fingerprint density at radius 3 is 2.64 bits per heavy atom. The van der Waals surface area contributed by atoms with Gasteiger partial charge in [-0.3, -0.25) is 0 Å². The minimum atomic E-state index is -1.97. The van der Waals surface area contributed by atoms with Gasteiger partial charge in [-0.15, -0.1) is 0 Å². The van der Waals surface area contributed by atoms with Crippen LogP contribution in [0.3, 0.4) is 0 Å². The lowest BCUT2D eigenvalue weighted by atomic mass is 10.3. The monoisotopic (exact) mass is 214 g/mol. The van der Waals surface area contributed by atoms with Crippen molar-refractivity contribution in [3.8, 4) is 11.5 Å². The maximum Gasteiger partial charge on any atom is 0.186 e. The molecule has 0 amide bonds. The molecule has 2 rings (SSSR count). The molecule has 0 bridgehead atoms. The van der Waals surface area contributed by atoms with Crippen LogP contribution in [0.2, 0.25) is 0 Å². The van der Waals surface area contributed by atoms with Crippen LogP contribution in [0.15, 0.2) is 23.1 Å². The zero-order chi connectivity index (χ0) is 9.97. The van der Waals surface area contributed by atoms with Gasteiger partial charge < -0.3 is 14.0 Å². The second-order valence-corrected chi connectivity index (χ2v) is 3.88. The van der Waals surface area contributed by atoms with E-state index in [0.29, 0.717) is 29.6 Å². The van der Waals surface area contributed by atoms with E-state index in [1.807, 2.05) is 0 Å². The molecular weight excluding hydrogens is 204 g/mol. The minimum absolute atomic E-state index is 0.328. The molecule has 0 saturated heterocycles. The van der Waals surface area contributed by atoms with Gasteiger partial charge in [0.25, 0.3) is 0 Å². The van der Waals surface area contributed by atoms with Gasteiger partial charge in [0, 0.05) is 12.5 Å². The maximum absolute atomic E-state index is 10.8. The molecule has 0 spiro atoms. The molecule has 1 aliphatic rings. The standard InChI is InChI=1S/C9H10O4S/c10-14(11)7-2-3-8-9(6-7)13-5-1-4-12-8/h2-3,6H,1,4-5H2,(H,10,11). The number of rotatable bonds is 1. The van der Waals surface area contributed by atoms with Crippen molar-refractivity contribution in [2.24, 2.45) is 0 Å². The van der Waals surface area contributed by atoms with Crippen LogP contribution in [0.5, 0.6) is 11.5 Å². The topological polar surface area (TPSA) is 55.8 Å². The van der Waals surface area contributed by atoms with Gasteiger partial charge in [-0.2, -0.15) is 0 Å². The number of hydrogen-bond acceptors (Lipinski definition) is 3. The molecule has 1 unspecified atom stereocenters. The minimum Gasteiger partial charge on any atom is -0.490 e. The first-order valence-corrected chi connectivity index (χ1v) is 5.38. The van der Waals surface area contributed by atoms with Crippen molar-refractivity contribution in [2.75, 3.05) is 13.2 Å². The van der Waals surface area contributed by atoms with Crippen LogP contribution >= 0.6 is 0 Å². The summed E-state index contributed by atoms with van der Waals surface area (Å²) in [5.74, 6) is 1.18. The predicted octanol–water partition coefficient (Wildman–Crippen LogP) is 1.43. The Morgan fingerprint density at radius 1 is 1.21 bits per heavy atom. The molecule has 1 aromatic carbocycles. The molecule has 0 radical (unpaired) electrons. The molecule has 1 aliphatic heterocycles. The van der Waals surface area contributed by atoms with Crippen molar-refractivity contribution in [1.82, 2.24) is 0 Å². The van der Waals surface area contributed by atoms with Crippen molar-refractivity contribution >= 4 is 11.1 Å². The van der Waals surface area contributed by atoms with Crippen LogP contribution in [-0.4, -0.2) is 22.0 Å². The van der Waals surface area contributed by atoms with Crippen LogP contribution < -0.4 is 9.47 Å². The first-order valence-electron chi connectivity index (χ1n) is 4.28. The fourth-order valence-electron chi connectivity index (χ4n) is 1.25. The highest BCUT2D eigenvalue weighted by molar-refractivity contribution is 7.79. The van der Waals surface area contributed by atoms with Gasteiger partial charge in [-0.25, -0.2) is 4.21 Å². The lowest BCUT2D eigenvalue weighted by Crippen LogP contribution is -1.97. The summed E-state index contributed by atoms with van der Waals surface area (Å²) >= 11 is -1.97. The van der Waals surface area contributed by atoms with E-state index in [2.05, 4.69) is 0 Å². The highest BCUT2D eigenvalue weighted by atomic mass is 32.2. The third-order valence-corrected chi connectivity index (χ3v) is 2.58. The molecule has 1 aromatic rings. The largest absolute Gasteiger partial charge is 0.490 e. The summed E-state index contributed by atoms with van der Waals surface area (Å²) in [7, 11) is 0. The van der Waals surface area contributed by atoms with E-state index in [1.165, 1.54) is 6.07 Å². The molecule has 76 valence electrons. The predicted molar refractivity (Wildman–Crippen MR) is 51.1 cm³/mol. The van der Waals surface area contributed by atoms with Crippen LogP contribution in [0, 0.1) is 0 Å². The highest BCUT2D eigenvalue weighted by Crippen LogP contribution is 2.31. The molecule has 14 heavy (non-hydrogen) atoms. The van der Waals surface area contributed by atoms with Gasteiger partial charge >= 0.3 is 0 Å². The SMILES string of the molecule is O=S(O)c1ccc2c(c1)OCCCO2. The second kappa shape index (κ2) is 3.98. The molecule has 1 atom stereocenters. The summed E-state index contributed by atoms with van der Waals surface area (Å²) in [4.78, 5) is 0.328. The lowest BCUT2D eigenvalue weighted by molar-refractivity contribution is 0.297. The molecule has 1 N–H and O–H groups in total. The molecule has 4 nitrogen and oxygen atoms in total. The summed E-state index contributed by atoms with van der Waals surface area (Å²) in [6, 6.07) is 4.75. The quantitative estimate of drug-likeness (QED) is 0.718. The number of fused-ring (bicyclic) bond motifs is 1. The Hall–Kier alpha value is -1.07. The number of hydrogen-bond donors (Lipinski definition) is 1. The van der Waals surface area contributed by atoms with Gasteiger partial charge in [0.15, 0.2) is 22.6 Å². The van der Waals surface area contributed by atoms with Crippen molar-refractivity contribution in [3.63, 3.8) is 0 Å². The maximum atomic E-state index is 10.8. The van der Waals surface area contributed by atoms with E-state index in [4.69, 9.17) is 14.0 Å². The molecule has 0 saturated carbocycles. The van der Waals surface area contributed by atoms with Gasteiger partial charge in [0.05, 0.1) is 18.1 Å². The Bertz CT molecular complexity index is 364. The number of benzene rings is 1. The van der Waals surface area contributed by atoms with E-state index in [-0.39, 0.29) is 0 Å². The Balaban J connectivity index is 2.37. The van der Waals surface area contributed by atoms with Crippen LogP contribution in [0.4, 0.5) is 0 Å². The van der Waals surface area contributed by atoms with Crippen LogP contribution in [0.25, 0.3) is 0 Å². The summed E-state index contributed by atoms with van der Waals surface area (Å²) in [5, 5.41) is 0. The van der Waals surface area contributed by atoms with E-state index in [0.717, 1.165) is 6.42 Å². The Labute approximate surface area is 84.1 Å². The molecule has 0 fully saturated rings. The summed E-state index contributed by atoms with van der Waals surface area (Å²) in [6.07, 6.45) is 0.826. The van der Waals surface area contributed by atoms with Crippen molar-refractivity contribution in [1.29, 1.82) is 0 Å². The smallest absolute Gasteiger partial charge is 0.186 e. The summed E-state index contributed by atoms with van der Waals surface area (Å²) in [5.41, 5.74) is 0. The Morgan fingerprint density at radius 2 is 1.93 bits per heavy atom. The van der Waals surface area contributed by atoms with Gasteiger partial charge in [0.2, 0.25) is 0 Å². The zero-order valence-electron chi connectivity index (χ0n) is 7.43. The zero-order valence-corrected chi connectivity index (χ0v) is 8.25. The first kappa shape index (κ1) is 9.48. The van der Waals surface area contributed by atoms with Crippen molar-refractivity contribution < 1.29 is 18.2 Å². The van der Waals surface area contributed by atoms with E-state index < -0.39 is 11.1 Å². The summed E-state index contributed by atoms with van der Waals surface area (Å²) < 4.78 is 30.4. The van der Waals surface area contributed by atoms with Crippen LogP contribution in [0.1, 0.15) is 6.42 Å². The average molecular weight is 214 g/mol. The first-order chi connectivity index (χ1) is 6.77. The van der Waals surface area contributed by atoms with Crippen molar-refractivity contribution in [3.05, 3.63) is 18.2 Å². The third-order valence-electron chi connectivity index (χ3n) is 1.92. The third kappa shape index (κ3) is 1.88. The lowest BCUT2D eigenvalue weighted by Gasteiger charge is -2.07. The average Bonchev–Trinajstić information content (AvgIpc) is 2.41. The number of ether oxygens (including phenoxy) is 2. The van der Waals surface area contributed by atoms with Gasteiger partial charge in [0.1, 0.15) is 0 Å². The van der Waals surface area contributed by atoms with E-state index in [9.17, 15) is 4.21 Å². The Kier molecular flexibility index (Phi) is 2.69. The highest BCUT2D eigenvalue weighted by Gasteiger charge is 2.12. The fourth-order valence-corrected chi connectivity index (χ4v) is 1.64. The van der Waals surface area contributed by atoms with Gasteiger partial charge in [-0.1, -0.05) is 0 Å². The summed E-state index contributed by atoms with van der Waals surface area (Å²) in [6.45, 7) is 1.20. The second-order valence-electron chi connectivity index (χ2n) is 2.91. The van der Waals surface area contributed by atoms with Crippen molar-refractivity contribution in [2.45, 2.75) is 11.3 Å². The van der Waals surface area contributed by atoms with E-state index >= 15 is 0 Å². The fraction of sp³-hybridized carbons (Fsp3) is 0.333. The molecule has 0 aliphatic carbocycles. The van der Waals surface area contributed by atoms with Crippen LogP contribution in [-0.2, 0) is 11.1 Å². The molecular formula is C9H10O4S. The molecule has 5 heteroatoms. The van der Waals surface area contributed by atoms with Gasteiger partial charge in [-0.05, 0) is 12.1 Å². The van der Waals surface area contributed by atoms with E-state index in [1.54, 1.807) is 12.1 Å². The molecule has 1 heterocycles. The normalized spacial score (nSPS) is 17.2.